The van der Waals surface area contributed by atoms with Crippen LogP contribution in [0.25, 0.3) is 0 Å². The van der Waals surface area contributed by atoms with Crippen LogP contribution in [0.1, 0.15) is 39.1 Å². The van der Waals surface area contributed by atoms with Crippen molar-refractivity contribution in [2.75, 3.05) is 12.4 Å². The number of thioether (sulfide) groups is 1. The van der Waals surface area contributed by atoms with Crippen molar-refractivity contribution in [1.29, 1.82) is 0 Å². The number of Topliss-reactive ketones (excluding diaryl/α,β-unsaturated/α-hetero) is 2. The largest absolute Gasteiger partial charge is 0.465 e. The van der Waals surface area contributed by atoms with Gasteiger partial charge in [0.05, 0.1) is 17.5 Å². The van der Waals surface area contributed by atoms with Crippen LogP contribution in [0.3, 0.4) is 0 Å². The Labute approximate surface area is 195 Å². The Morgan fingerprint density at radius 2 is 1.62 bits per heavy atom. The van der Waals surface area contributed by atoms with Crippen molar-refractivity contribution in [1.82, 2.24) is 0 Å². The number of hydrogen-bond donors (Lipinski definition) is 0. The highest BCUT2D eigenvalue weighted by Crippen LogP contribution is 2.50. The molecule has 0 saturated heterocycles. The minimum absolute atomic E-state index is 0.0614. The molecule has 0 spiro atoms. The number of esters is 1. The number of halogens is 1. The van der Waals surface area contributed by atoms with Crippen molar-refractivity contribution in [2.24, 2.45) is 5.41 Å². The molecule has 0 bridgehead atoms. The van der Waals surface area contributed by atoms with Crippen LogP contribution in [0.4, 0.5) is 0 Å². The summed E-state index contributed by atoms with van der Waals surface area (Å²) in [5.41, 5.74) is -0.806. The Hall–Kier alpha value is -2.89. The van der Waals surface area contributed by atoms with E-state index >= 15 is 0 Å². The third-order valence-corrected chi connectivity index (χ3v) is 7.17. The average Bonchev–Trinajstić information content (AvgIpc) is 2.81. The zero-order valence-corrected chi connectivity index (χ0v) is 19.0. The first-order valence-electron chi connectivity index (χ1n) is 10.3. The van der Waals surface area contributed by atoms with Crippen LogP contribution in [0.5, 0.6) is 0 Å². The predicted molar refractivity (Wildman–Crippen MR) is 126 cm³/mol. The van der Waals surface area contributed by atoms with Crippen LogP contribution in [-0.2, 0) is 9.53 Å². The molecule has 0 radical (unpaired) electrons. The topological polar surface area (TPSA) is 60.4 Å². The van der Waals surface area contributed by atoms with E-state index in [1.807, 2.05) is 36.4 Å². The first-order valence-corrected chi connectivity index (χ1v) is 11.6. The molecule has 3 aromatic carbocycles. The van der Waals surface area contributed by atoms with Gasteiger partial charge in [0.25, 0.3) is 0 Å². The smallest absolute Gasteiger partial charge is 0.321 e. The zero-order valence-electron chi connectivity index (χ0n) is 17.4. The fourth-order valence-corrected chi connectivity index (χ4v) is 5.60. The number of hydrogen-bond acceptors (Lipinski definition) is 5. The summed E-state index contributed by atoms with van der Waals surface area (Å²) in [6, 6.07) is 23.2. The molecular weight excluding hydrogens is 444 g/mol. The van der Waals surface area contributed by atoms with Crippen LogP contribution < -0.4 is 0 Å². The van der Waals surface area contributed by atoms with Gasteiger partial charge in [0.2, 0.25) is 0 Å². The molecular formula is C26H21ClO4S. The van der Waals surface area contributed by atoms with E-state index in [0.717, 1.165) is 4.90 Å². The van der Waals surface area contributed by atoms with Gasteiger partial charge in [-0.2, -0.15) is 0 Å². The molecule has 0 amide bonds. The molecule has 4 rings (SSSR count). The third-order valence-electron chi connectivity index (χ3n) is 5.65. The van der Waals surface area contributed by atoms with Crippen molar-refractivity contribution < 1.29 is 19.1 Å². The summed E-state index contributed by atoms with van der Waals surface area (Å²) in [7, 11) is 0. The second-order valence-corrected chi connectivity index (χ2v) is 8.95. The van der Waals surface area contributed by atoms with Crippen LogP contribution in [0, 0.1) is 5.41 Å². The molecule has 0 aromatic heterocycles. The molecule has 0 saturated carbocycles. The average molecular weight is 465 g/mol. The van der Waals surface area contributed by atoms with Gasteiger partial charge >= 0.3 is 5.97 Å². The molecule has 2 atom stereocenters. The van der Waals surface area contributed by atoms with E-state index in [0.29, 0.717) is 5.56 Å². The van der Waals surface area contributed by atoms with Gasteiger partial charge in [0.1, 0.15) is 0 Å². The van der Waals surface area contributed by atoms with Crippen LogP contribution in [0.15, 0.2) is 83.8 Å². The maximum Gasteiger partial charge on any atom is 0.321 e. The van der Waals surface area contributed by atoms with E-state index < -0.39 is 23.1 Å². The maximum atomic E-state index is 14.0. The maximum absolute atomic E-state index is 14.0. The first-order chi connectivity index (χ1) is 15.5. The SMILES string of the molecule is CCOC(=O)[C@]1(CSc2ccccc2)C(=O)c2cccc(Cl)c2C(=O)[C@H]1c1ccccc1. The normalized spacial score (nSPS) is 20.0. The molecule has 1 aliphatic rings. The molecule has 0 aliphatic heterocycles. The number of fused-ring (bicyclic) bond motifs is 1. The molecule has 1 aliphatic carbocycles. The summed E-state index contributed by atoms with van der Waals surface area (Å²) < 4.78 is 5.43. The van der Waals surface area contributed by atoms with Crippen molar-refractivity contribution >= 4 is 40.9 Å². The second kappa shape index (κ2) is 9.31. The highest BCUT2D eigenvalue weighted by molar-refractivity contribution is 7.99. The van der Waals surface area contributed by atoms with E-state index in [4.69, 9.17) is 16.3 Å². The molecule has 162 valence electrons. The molecule has 3 aromatic rings. The molecule has 0 unspecified atom stereocenters. The van der Waals surface area contributed by atoms with Gasteiger partial charge in [-0.15, -0.1) is 11.8 Å². The lowest BCUT2D eigenvalue weighted by atomic mass is 9.61. The second-order valence-electron chi connectivity index (χ2n) is 7.49. The number of carbonyl (C=O) groups is 3. The van der Waals surface area contributed by atoms with Gasteiger partial charge in [-0.3, -0.25) is 14.4 Å². The van der Waals surface area contributed by atoms with E-state index in [1.54, 1.807) is 49.4 Å². The highest BCUT2D eigenvalue weighted by atomic mass is 35.5. The van der Waals surface area contributed by atoms with E-state index in [2.05, 4.69) is 0 Å². The number of rotatable bonds is 6. The number of ketones is 2. The zero-order chi connectivity index (χ0) is 22.7. The quantitative estimate of drug-likeness (QED) is 0.260. The van der Waals surface area contributed by atoms with Crippen LogP contribution >= 0.6 is 23.4 Å². The molecule has 4 nitrogen and oxygen atoms in total. The van der Waals surface area contributed by atoms with Gasteiger partial charge < -0.3 is 4.74 Å². The summed E-state index contributed by atoms with van der Waals surface area (Å²) in [5, 5.41) is 0.204. The van der Waals surface area contributed by atoms with E-state index in [9.17, 15) is 14.4 Å². The standard InChI is InChI=1S/C26H21ClO4S/c1-2-31-25(30)26(16-32-18-12-7-4-8-13-18)22(17-10-5-3-6-11-17)23(28)21-19(24(26)29)14-9-15-20(21)27/h3-15,22H,2,16H2,1H3/t22-,26+/m1/s1. The lowest BCUT2D eigenvalue weighted by Crippen LogP contribution is -2.53. The summed E-state index contributed by atoms with van der Waals surface area (Å²) in [6.07, 6.45) is 0. The summed E-state index contributed by atoms with van der Waals surface area (Å²) >= 11 is 7.72. The Bertz CT molecular complexity index is 1160. The molecule has 0 heterocycles. The van der Waals surface area contributed by atoms with E-state index in [1.165, 1.54) is 11.8 Å². The Kier molecular flexibility index (Phi) is 6.49. The number of carbonyl (C=O) groups excluding carboxylic acids is 3. The fourth-order valence-electron chi connectivity index (χ4n) is 4.18. The summed E-state index contributed by atoms with van der Waals surface area (Å²) in [5.74, 6) is -2.46. The molecule has 6 heteroatoms. The number of benzene rings is 3. The highest BCUT2D eigenvalue weighted by Gasteiger charge is 2.60. The van der Waals surface area contributed by atoms with Gasteiger partial charge in [0, 0.05) is 21.8 Å². The first kappa shape index (κ1) is 22.3. The van der Waals surface area contributed by atoms with Gasteiger partial charge in [-0.05, 0) is 30.7 Å². The Morgan fingerprint density at radius 1 is 0.969 bits per heavy atom. The van der Waals surface area contributed by atoms with Crippen molar-refractivity contribution in [3.63, 3.8) is 0 Å². The van der Waals surface area contributed by atoms with Gasteiger partial charge in [0.15, 0.2) is 17.0 Å². The molecule has 32 heavy (non-hydrogen) atoms. The summed E-state index contributed by atoms with van der Waals surface area (Å²) in [6.45, 7) is 1.79. The molecule has 0 fully saturated rings. The van der Waals surface area contributed by atoms with Gasteiger partial charge in [-0.1, -0.05) is 72.3 Å². The third kappa shape index (κ3) is 3.76. The lowest BCUT2D eigenvalue weighted by Gasteiger charge is -2.40. The van der Waals surface area contributed by atoms with Crippen LogP contribution in [0.2, 0.25) is 5.02 Å². The lowest BCUT2D eigenvalue weighted by molar-refractivity contribution is -0.151. The Morgan fingerprint density at radius 3 is 2.28 bits per heavy atom. The van der Waals surface area contributed by atoms with E-state index in [-0.39, 0.29) is 34.3 Å². The van der Waals surface area contributed by atoms with Gasteiger partial charge in [-0.25, -0.2) is 0 Å². The Balaban J connectivity index is 1.95. The van der Waals surface area contributed by atoms with Crippen molar-refractivity contribution in [3.8, 4) is 0 Å². The minimum atomic E-state index is -1.72. The predicted octanol–water partition coefficient (Wildman–Crippen LogP) is 5.84. The molecule has 0 N–H and O–H groups in total. The van der Waals surface area contributed by atoms with Crippen molar-refractivity contribution in [3.05, 3.63) is 101 Å². The number of ether oxygens (including phenoxy) is 1. The fraction of sp³-hybridized carbons (Fsp3) is 0.192. The van der Waals surface area contributed by atoms with Crippen LogP contribution in [-0.4, -0.2) is 29.9 Å². The summed E-state index contributed by atoms with van der Waals surface area (Å²) in [4.78, 5) is 42.3. The minimum Gasteiger partial charge on any atom is -0.465 e. The monoisotopic (exact) mass is 464 g/mol. The van der Waals surface area contributed by atoms with Crippen molar-refractivity contribution in [2.45, 2.75) is 17.7 Å².